The summed E-state index contributed by atoms with van der Waals surface area (Å²) in [5.41, 5.74) is 16.4. The molecule has 0 aromatic heterocycles. The monoisotopic (exact) mass is 677 g/mol. The van der Waals surface area contributed by atoms with Crippen LogP contribution in [0.1, 0.15) is 65.0 Å². The lowest BCUT2D eigenvalue weighted by atomic mass is 9.61. The number of anilines is 2. The smallest absolute Gasteiger partial charge is 0.0539 e. The van der Waals surface area contributed by atoms with Gasteiger partial charge in [0.15, 0.2) is 0 Å². The van der Waals surface area contributed by atoms with Gasteiger partial charge in [-0.2, -0.15) is 0 Å². The Hall–Kier alpha value is -5.40. The summed E-state index contributed by atoms with van der Waals surface area (Å²) in [7, 11) is 0. The summed E-state index contributed by atoms with van der Waals surface area (Å²) in [6, 6.07) is 22.6. The van der Waals surface area contributed by atoms with Gasteiger partial charge < -0.3 is 4.90 Å². The Morgan fingerprint density at radius 3 is 2.50 bits per heavy atom. The first-order valence-electron chi connectivity index (χ1n) is 18.9. The van der Waals surface area contributed by atoms with Crippen molar-refractivity contribution in [3.63, 3.8) is 0 Å². The molecule has 3 unspecified atom stereocenters. The molecule has 0 heterocycles. The van der Waals surface area contributed by atoms with Gasteiger partial charge in [0.1, 0.15) is 0 Å². The molecule has 4 aliphatic rings. The van der Waals surface area contributed by atoms with Crippen molar-refractivity contribution in [3.8, 4) is 0 Å². The number of fused-ring (bicyclic) bond motifs is 7. The lowest BCUT2D eigenvalue weighted by Crippen LogP contribution is -2.37. The highest BCUT2D eigenvalue weighted by molar-refractivity contribution is 5.98. The van der Waals surface area contributed by atoms with Crippen molar-refractivity contribution in [2.45, 2.75) is 59.3 Å². The number of hydrogen-bond donors (Lipinski definition) is 0. The molecule has 0 fully saturated rings. The van der Waals surface area contributed by atoms with Gasteiger partial charge in [0.25, 0.3) is 0 Å². The Balaban J connectivity index is 1.51. The molecular formula is C51H51N. The second kappa shape index (κ2) is 14.3. The maximum Gasteiger partial charge on any atom is 0.0539 e. The first-order chi connectivity index (χ1) is 25.4. The van der Waals surface area contributed by atoms with Gasteiger partial charge in [0.2, 0.25) is 0 Å². The van der Waals surface area contributed by atoms with E-state index in [9.17, 15) is 0 Å². The third-order valence-corrected chi connectivity index (χ3v) is 11.8. The number of rotatable bonds is 10. The van der Waals surface area contributed by atoms with Crippen molar-refractivity contribution in [2.24, 2.45) is 11.8 Å². The second-order valence-electron chi connectivity index (χ2n) is 14.3. The zero-order valence-electron chi connectivity index (χ0n) is 31.5. The molecule has 0 aliphatic heterocycles. The van der Waals surface area contributed by atoms with Crippen LogP contribution in [-0.2, 0) is 5.41 Å². The van der Waals surface area contributed by atoms with Crippen molar-refractivity contribution < 1.29 is 0 Å². The van der Waals surface area contributed by atoms with Gasteiger partial charge in [0, 0.05) is 28.6 Å². The Bertz CT molecular complexity index is 2280. The second-order valence-corrected chi connectivity index (χ2v) is 14.3. The number of benzene rings is 3. The molecule has 0 N–H and O–H groups in total. The van der Waals surface area contributed by atoms with Crippen LogP contribution in [0.5, 0.6) is 0 Å². The van der Waals surface area contributed by atoms with Crippen LogP contribution in [0.15, 0.2) is 198 Å². The lowest BCUT2D eigenvalue weighted by Gasteiger charge is -2.41. The molecule has 3 aromatic rings. The van der Waals surface area contributed by atoms with E-state index < -0.39 is 0 Å². The van der Waals surface area contributed by atoms with E-state index in [1.165, 1.54) is 72.2 Å². The summed E-state index contributed by atoms with van der Waals surface area (Å²) in [4.78, 5) is 2.46. The SMILES string of the molecule is C=CC1=C(C=C)C2(C3=C(C=CCC3)c3ccc(N(C(/C=C\CC)=C/C)c4cccc5ccccc45)cc32)C2C=CC(C(/C=C\C)=C(\C)C=C)=C(C)C12. The van der Waals surface area contributed by atoms with Crippen LogP contribution in [0.2, 0.25) is 0 Å². The highest BCUT2D eigenvalue weighted by atomic mass is 15.1. The molecule has 0 saturated heterocycles. The van der Waals surface area contributed by atoms with E-state index in [0.29, 0.717) is 0 Å². The zero-order valence-corrected chi connectivity index (χ0v) is 31.5. The predicted molar refractivity (Wildman–Crippen MR) is 227 cm³/mol. The van der Waals surface area contributed by atoms with Crippen LogP contribution < -0.4 is 4.90 Å². The van der Waals surface area contributed by atoms with E-state index in [2.05, 4.69) is 187 Å². The Kier molecular flexibility index (Phi) is 9.64. The van der Waals surface area contributed by atoms with Crippen LogP contribution in [0, 0.1) is 11.8 Å². The van der Waals surface area contributed by atoms with Crippen LogP contribution in [-0.4, -0.2) is 0 Å². The molecule has 0 bridgehead atoms. The normalized spacial score (nSPS) is 22.8. The highest BCUT2D eigenvalue weighted by Gasteiger charge is 2.59. The van der Waals surface area contributed by atoms with E-state index in [-0.39, 0.29) is 17.3 Å². The van der Waals surface area contributed by atoms with Crippen molar-refractivity contribution in [1.82, 2.24) is 0 Å². The summed E-state index contributed by atoms with van der Waals surface area (Å²) < 4.78 is 0. The third-order valence-electron chi connectivity index (χ3n) is 11.8. The fourth-order valence-corrected chi connectivity index (χ4v) is 9.58. The third kappa shape index (κ3) is 5.21. The van der Waals surface area contributed by atoms with Gasteiger partial charge in [-0.1, -0.05) is 142 Å². The Labute approximate surface area is 311 Å². The molecule has 0 radical (unpaired) electrons. The molecule has 52 heavy (non-hydrogen) atoms. The number of allylic oxidation sites excluding steroid dienone is 20. The van der Waals surface area contributed by atoms with E-state index >= 15 is 0 Å². The maximum absolute atomic E-state index is 4.54. The minimum atomic E-state index is -0.359. The highest BCUT2D eigenvalue weighted by Crippen LogP contribution is 2.67. The van der Waals surface area contributed by atoms with Crippen molar-refractivity contribution in [2.75, 3.05) is 4.90 Å². The molecule has 260 valence electrons. The largest absolute Gasteiger partial charge is 0.310 e. The van der Waals surface area contributed by atoms with E-state index in [0.717, 1.165) is 30.6 Å². The molecule has 1 nitrogen and oxygen atoms in total. The van der Waals surface area contributed by atoms with E-state index in [1.807, 2.05) is 6.08 Å². The summed E-state index contributed by atoms with van der Waals surface area (Å²) in [5, 5.41) is 2.46. The minimum Gasteiger partial charge on any atom is -0.310 e. The topological polar surface area (TPSA) is 3.24 Å². The van der Waals surface area contributed by atoms with E-state index in [1.54, 1.807) is 0 Å². The molecule has 3 atom stereocenters. The van der Waals surface area contributed by atoms with Gasteiger partial charge in [-0.05, 0) is 127 Å². The van der Waals surface area contributed by atoms with Crippen LogP contribution in [0.25, 0.3) is 16.3 Å². The average Bonchev–Trinajstić information content (AvgIpc) is 3.65. The van der Waals surface area contributed by atoms with Gasteiger partial charge in [0.05, 0.1) is 11.1 Å². The van der Waals surface area contributed by atoms with Crippen molar-refractivity contribution in [1.29, 1.82) is 0 Å². The molecule has 0 saturated carbocycles. The van der Waals surface area contributed by atoms with Crippen LogP contribution in [0.4, 0.5) is 11.4 Å². The lowest BCUT2D eigenvalue weighted by molar-refractivity contribution is 0.404. The first-order valence-corrected chi connectivity index (χ1v) is 18.9. The molecule has 3 aromatic carbocycles. The number of hydrogen-bond acceptors (Lipinski definition) is 1. The summed E-state index contributed by atoms with van der Waals surface area (Å²) in [6.07, 6.45) is 30.1. The Morgan fingerprint density at radius 2 is 1.77 bits per heavy atom. The van der Waals surface area contributed by atoms with Gasteiger partial charge >= 0.3 is 0 Å². The van der Waals surface area contributed by atoms with Gasteiger partial charge in [-0.3, -0.25) is 0 Å². The molecule has 1 heteroatoms. The Morgan fingerprint density at radius 1 is 0.962 bits per heavy atom. The standard InChI is InChI=1S/C51H51N/c1-9-15-24-37(12-4)52(49-28-20-23-36-22-16-17-25-42(36)49)38-29-30-44-43-26-18-19-27-46(43)51(48(44)33-38)45(14-6)39(13-5)50-35(8)41(31-32-47(50)51)40(21-10-2)34(7)11-3/h10-18,20-26,28-33,47,50H,3,5-6,9,19,27H2,1-2,4,7-8H3/b21-10-,24-15-,37-12+,40-34+. The molecule has 1 spiro atoms. The van der Waals surface area contributed by atoms with Crippen LogP contribution >= 0.6 is 0 Å². The molecular weight excluding hydrogens is 627 g/mol. The van der Waals surface area contributed by atoms with Crippen molar-refractivity contribution in [3.05, 3.63) is 209 Å². The van der Waals surface area contributed by atoms with Crippen molar-refractivity contribution >= 4 is 27.7 Å². The van der Waals surface area contributed by atoms with Gasteiger partial charge in [-0.25, -0.2) is 0 Å². The molecule has 4 aliphatic carbocycles. The number of nitrogens with zero attached hydrogens (tertiary/aromatic N) is 1. The fourth-order valence-electron chi connectivity index (χ4n) is 9.58. The fraction of sp³-hybridized carbons (Fsp3) is 0.216. The summed E-state index contributed by atoms with van der Waals surface area (Å²) >= 11 is 0. The van der Waals surface area contributed by atoms with E-state index in [4.69, 9.17) is 0 Å². The average molecular weight is 678 g/mol. The summed E-state index contributed by atoms with van der Waals surface area (Å²) in [6.45, 7) is 24.1. The first kappa shape index (κ1) is 35.0. The molecule has 0 amide bonds. The summed E-state index contributed by atoms with van der Waals surface area (Å²) in [5.74, 6) is 0.360. The quantitative estimate of drug-likeness (QED) is 0.193. The maximum atomic E-state index is 4.54. The molecule has 7 rings (SSSR count). The van der Waals surface area contributed by atoms with Gasteiger partial charge in [-0.15, -0.1) is 0 Å². The predicted octanol–water partition coefficient (Wildman–Crippen LogP) is 14.1. The minimum absolute atomic E-state index is 0.172. The zero-order chi connectivity index (χ0) is 36.6. The van der Waals surface area contributed by atoms with Crippen LogP contribution in [0.3, 0.4) is 0 Å².